The quantitative estimate of drug-likeness (QED) is 0.888. The lowest BCUT2D eigenvalue weighted by atomic mass is 9.96. The van der Waals surface area contributed by atoms with Crippen LogP contribution in [0.1, 0.15) is 44.7 Å². The van der Waals surface area contributed by atoms with Crippen molar-refractivity contribution >= 4 is 5.82 Å². The number of anilines is 1. The van der Waals surface area contributed by atoms with Gasteiger partial charge in [0.15, 0.2) is 0 Å². The predicted octanol–water partition coefficient (Wildman–Crippen LogP) is 2.34. The maximum Gasteiger partial charge on any atom is 0.147 e. The number of hydrogen-bond acceptors (Lipinski definition) is 4. The normalized spacial score (nSPS) is 20.8. The van der Waals surface area contributed by atoms with Gasteiger partial charge in [0, 0.05) is 19.6 Å². The first-order valence-electron chi connectivity index (χ1n) is 7.09. The van der Waals surface area contributed by atoms with Gasteiger partial charge >= 0.3 is 0 Å². The van der Waals surface area contributed by atoms with Gasteiger partial charge in [0.2, 0.25) is 0 Å². The molecule has 0 spiro atoms. The number of hydrogen-bond donors (Lipinski definition) is 1. The van der Waals surface area contributed by atoms with Crippen LogP contribution in [0.3, 0.4) is 0 Å². The summed E-state index contributed by atoms with van der Waals surface area (Å²) in [6.45, 7) is 4.96. The van der Waals surface area contributed by atoms with Gasteiger partial charge in [-0.1, -0.05) is 19.8 Å². The molecule has 2 rings (SSSR count). The van der Waals surface area contributed by atoms with E-state index in [2.05, 4.69) is 21.8 Å². The van der Waals surface area contributed by atoms with E-state index in [1.54, 1.807) is 6.20 Å². The molecule has 0 aliphatic carbocycles. The molecule has 1 aliphatic rings. The first-order chi connectivity index (χ1) is 8.83. The number of aromatic nitrogens is 2. The van der Waals surface area contributed by atoms with Crippen molar-refractivity contribution in [2.75, 3.05) is 18.0 Å². The van der Waals surface area contributed by atoms with E-state index < -0.39 is 0 Å². The molecule has 1 unspecified atom stereocenters. The number of nitrogens with two attached hydrogens (primary N) is 1. The molecule has 4 nitrogen and oxygen atoms in total. The smallest absolute Gasteiger partial charge is 0.147 e. The Morgan fingerprint density at radius 2 is 2.17 bits per heavy atom. The Morgan fingerprint density at radius 1 is 1.28 bits per heavy atom. The molecule has 0 aromatic carbocycles. The summed E-state index contributed by atoms with van der Waals surface area (Å²) in [7, 11) is 0. The van der Waals surface area contributed by atoms with Crippen molar-refractivity contribution in [3.63, 3.8) is 0 Å². The Bertz CT molecular complexity index is 349. The lowest BCUT2D eigenvalue weighted by Crippen LogP contribution is -2.25. The first kappa shape index (κ1) is 13.3. The van der Waals surface area contributed by atoms with Gasteiger partial charge in [-0.2, -0.15) is 0 Å². The fourth-order valence-corrected chi connectivity index (χ4v) is 2.71. The van der Waals surface area contributed by atoms with Crippen LogP contribution >= 0.6 is 0 Å². The van der Waals surface area contributed by atoms with Crippen LogP contribution in [-0.4, -0.2) is 23.1 Å². The van der Waals surface area contributed by atoms with Crippen molar-refractivity contribution in [3.05, 3.63) is 18.1 Å². The van der Waals surface area contributed by atoms with Crippen LogP contribution in [0.25, 0.3) is 0 Å². The van der Waals surface area contributed by atoms with Crippen LogP contribution in [0.4, 0.5) is 5.82 Å². The summed E-state index contributed by atoms with van der Waals surface area (Å²) >= 11 is 0. The summed E-state index contributed by atoms with van der Waals surface area (Å²) in [4.78, 5) is 11.2. The highest BCUT2D eigenvalue weighted by molar-refractivity contribution is 5.35. The van der Waals surface area contributed by atoms with Gasteiger partial charge in [0.05, 0.1) is 18.1 Å². The average Bonchev–Trinajstić information content (AvgIpc) is 2.65. The zero-order valence-electron chi connectivity index (χ0n) is 11.3. The zero-order chi connectivity index (χ0) is 12.8. The van der Waals surface area contributed by atoms with Crippen LogP contribution < -0.4 is 10.6 Å². The Morgan fingerprint density at radius 3 is 2.83 bits per heavy atom. The van der Waals surface area contributed by atoms with Crippen molar-refractivity contribution in [2.24, 2.45) is 11.7 Å². The Balaban J connectivity index is 1.96. The van der Waals surface area contributed by atoms with E-state index in [1.807, 2.05) is 6.20 Å². The average molecular weight is 248 g/mol. The third kappa shape index (κ3) is 3.42. The number of nitrogens with zero attached hydrogens (tertiary/aromatic N) is 3. The van der Waals surface area contributed by atoms with Crippen LogP contribution in [0.15, 0.2) is 12.4 Å². The molecule has 0 saturated carbocycles. The summed E-state index contributed by atoms with van der Waals surface area (Å²) in [6, 6.07) is 0. The maximum atomic E-state index is 5.54. The molecule has 0 amide bonds. The molecule has 2 N–H and O–H groups in total. The molecule has 2 heterocycles. The highest BCUT2D eigenvalue weighted by Gasteiger charge is 2.17. The summed E-state index contributed by atoms with van der Waals surface area (Å²) < 4.78 is 0. The summed E-state index contributed by atoms with van der Waals surface area (Å²) in [6.07, 6.45) is 10.2. The van der Waals surface area contributed by atoms with Gasteiger partial charge in [0.25, 0.3) is 0 Å². The second kappa shape index (κ2) is 6.69. The van der Waals surface area contributed by atoms with E-state index in [9.17, 15) is 0 Å². The molecule has 0 bridgehead atoms. The highest BCUT2D eigenvalue weighted by Crippen LogP contribution is 2.24. The molecule has 18 heavy (non-hydrogen) atoms. The molecule has 1 aromatic heterocycles. The molecule has 0 radical (unpaired) electrons. The second-order valence-corrected chi connectivity index (χ2v) is 5.14. The van der Waals surface area contributed by atoms with Crippen molar-refractivity contribution in [1.29, 1.82) is 0 Å². The van der Waals surface area contributed by atoms with E-state index in [-0.39, 0.29) is 0 Å². The fraction of sp³-hybridized carbons (Fsp3) is 0.714. The van der Waals surface area contributed by atoms with Crippen LogP contribution in [0.2, 0.25) is 0 Å². The molecule has 1 aromatic rings. The summed E-state index contributed by atoms with van der Waals surface area (Å²) in [5, 5.41) is 0. The SMILES string of the molecule is CCCC1CCCN(c2cnc(CN)cn2)CC1. The van der Waals surface area contributed by atoms with Gasteiger partial charge in [-0.05, 0) is 25.2 Å². The van der Waals surface area contributed by atoms with Crippen molar-refractivity contribution in [3.8, 4) is 0 Å². The third-order valence-corrected chi connectivity index (χ3v) is 3.77. The molecule has 100 valence electrons. The summed E-state index contributed by atoms with van der Waals surface area (Å²) in [5.74, 6) is 1.90. The zero-order valence-corrected chi connectivity index (χ0v) is 11.3. The topological polar surface area (TPSA) is 55.0 Å². The monoisotopic (exact) mass is 248 g/mol. The molecule has 1 aliphatic heterocycles. The molecular formula is C14H24N4. The van der Waals surface area contributed by atoms with E-state index in [4.69, 9.17) is 5.73 Å². The minimum Gasteiger partial charge on any atom is -0.355 e. The number of rotatable bonds is 4. The Kier molecular flexibility index (Phi) is 4.93. The lowest BCUT2D eigenvalue weighted by Gasteiger charge is -2.21. The lowest BCUT2D eigenvalue weighted by molar-refractivity contribution is 0.435. The van der Waals surface area contributed by atoms with Gasteiger partial charge in [-0.15, -0.1) is 0 Å². The van der Waals surface area contributed by atoms with Crippen LogP contribution in [0, 0.1) is 5.92 Å². The van der Waals surface area contributed by atoms with E-state index in [0.29, 0.717) is 6.54 Å². The molecule has 4 heteroatoms. The molecule has 1 atom stereocenters. The predicted molar refractivity (Wildman–Crippen MR) is 74.4 cm³/mol. The van der Waals surface area contributed by atoms with Crippen molar-refractivity contribution in [1.82, 2.24) is 9.97 Å². The van der Waals surface area contributed by atoms with E-state index in [1.165, 1.54) is 32.1 Å². The van der Waals surface area contributed by atoms with Crippen LogP contribution in [0.5, 0.6) is 0 Å². The molecular weight excluding hydrogens is 224 g/mol. The van der Waals surface area contributed by atoms with Crippen molar-refractivity contribution < 1.29 is 0 Å². The van der Waals surface area contributed by atoms with Crippen molar-refractivity contribution in [2.45, 2.75) is 45.6 Å². The molecule has 1 fully saturated rings. The Hall–Kier alpha value is -1.16. The van der Waals surface area contributed by atoms with Gasteiger partial charge in [-0.3, -0.25) is 4.98 Å². The maximum absolute atomic E-state index is 5.54. The van der Waals surface area contributed by atoms with Crippen LogP contribution in [-0.2, 0) is 6.54 Å². The van der Waals surface area contributed by atoms with Gasteiger partial charge < -0.3 is 10.6 Å². The Labute approximate surface area is 110 Å². The van der Waals surface area contributed by atoms with E-state index in [0.717, 1.165) is 30.5 Å². The van der Waals surface area contributed by atoms with Gasteiger partial charge in [-0.25, -0.2) is 4.98 Å². The fourth-order valence-electron chi connectivity index (χ4n) is 2.71. The first-order valence-corrected chi connectivity index (χ1v) is 7.09. The second-order valence-electron chi connectivity index (χ2n) is 5.14. The minimum absolute atomic E-state index is 0.464. The third-order valence-electron chi connectivity index (χ3n) is 3.77. The van der Waals surface area contributed by atoms with Gasteiger partial charge in [0.1, 0.15) is 5.82 Å². The highest BCUT2D eigenvalue weighted by atomic mass is 15.2. The standard InChI is InChI=1S/C14H24N4/c1-2-4-12-5-3-7-18(8-6-12)14-11-16-13(9-15)10-17-14/h10-12H,2-9,15H2,1H3. The minimum atomic E-state index is 0.464. The largest absolute Gasteiger partial charge is 0.355 e. The summed E-state index contributed by atoms with van der Waals surface area (Å²) in [5.41, 5.74) is 6.40. The molecule has 1 saturated heterocycles. The van der Waals surface area contributed by atoms with E-state index >= 15 is 0 Å².